The largest absolute Gasteiger partial charge is 0.373 e. The number of benzene rings is 1. The quantitative estimate of drug-likeness (QED) is 0.598. The van der Waals surface area contributed by atoms with Crippen LogP contribution in [0.15, 0.2) is 12.1 Å². The fraction of sp³-hybridized carbons (Fsp3) is 0.652. The van der Waals surface area contributed by atoms with E-state index in [1.165, 1.54) is 25.0 Å². The molecule has 3 heterocycles. The monoisotopic (exact) mass is 449 g/mol. The van der Waals surface area contributed by atoms with Gasteiger partial charge in [-0.15, -0.1) is 0 Å². The van der Waals surface area contributed by atoms with Crippen LogP contribution in [0.3, 0.4) is 0 Å². The second-order valence-corrected chi connectivity index (χ2v) is 9.81. The van der Waals surface area contributed by atoms with Crippen molar-refractivity contribution in [2.75, 3.05) is 49.5 Å². The summed E-state index contributed by atoms with van der Waals surface area (Å²) in [6.07, 6.45) is 2.83. The first-order valence-corrected chi connectivity index (χ1v) is 11.5. The van der Waals surface area contributed by atoms with E-state index in [1.807, 2.05) is 0 Å². The van der Waals surface area contributed by atoms with Gasteiger partial charge in [-0.2, -0.15) is 0 Å². The molecule has 0 radical (unpaired) electrons. The summed E-state index contributed by atoms with van der Waals surface area (Å²) in [7, 11) is 0. The van der Waals surface area contributed by atoms with Gasteiger partial charge in [0.05, 0.1) is 0 Å². The molecule has 0 spiro atoms. The standard InChI is InChI=1S/C23H33F2N5O2/c1-23(2)14-29(9-10-30(23)13-15-5-7-26-8-6-15)21-17(24)11-16(12-18(21)25)27-19-3-4-20(31)28-22(19)32/h11-12,15,19,26-27H,3-10,13-14H2,1-2H3,(H,28,31,32). The van der Waals surface area contributed by atoms with E-state index in [1.54, 1.807) is 4.90 Å². The van der Waals surface area contributed by atoms with Gasteiger partial charge in [0.1, 0.15) is 11.7 Å². The van der Waals surface area contributed by atoms with Crippen LogP contribution in [0.5, 0.6) is 0 Å². The van der Waals surface area contributed by atoms with Gasteiger partial charge in [0.15, 0.2) is 11.6 Å². The van der Waals surface area contributed by atoms with Gasteiger partial charge in [-0.3, -0.25) is 19.8 Å². The summed E-state index contributed by atoms with van der Waals surface area (Å²) < 4.78 is 30.1. The molecule has 3 saturated heterocycles. The number of nitrogens with zero attached hydrogens (tertiary/aromatic N) is 2. The van der Waals surface area contributed by atoms with Gasteiger partial charge in [-0.05, 0) is 64.3 Å². The fourth-order valence-electron chi connectivity index (χ4n) is 5.08. The Kier molecular flexibility index (Phi) is 6.67. The maximum absolute atomic E-state index is 15.0. The smallest absolute Gasteiger partial charge is 0.249 e. The van der Waals surface area contributed by atoms with Crippen LogP contribution in [0, 0.1) is 17.6 Å². The summed E-state index contributed by atoms with van der Waals surface area (Å²) in [5.41, 5.74) is -0.0264. The third-order valence-corrected chi connectivity index (χ3v) is 6.92. The Morgan fingerprint density at radius 3 is 2.41 bits per heavy atom. The third-order valence-electron chi connectivity index (χ3n) is 6.92. The van der Waals surface area contributed by atoms with Crippen LogP contribution < -0.4 is 20.9 Å². The van der Waals surface area contributed by atoms with Gasteiger partial charge < -0.3 is 15.5 Å². The van der Waals surface area contributed by atoms with Gasteiger partial charge in [0, 0.05) is 43.8 Å². The molecule has 0 aromatic heterocycles. The normalized spacial score (nSPS) is 25.0. The Bertz CT molecular complexity index is 849. The minimum absolute atomic E-state index is 0.0200. The Balaban J connectivity index is 1.43. The number of nitrogens with one attached hydrogen (secondary N) is 3. The number of anilines is 2. The van der Waals surface area contributed by atoms with Crippen molar-refractivity contribution in [3.8, 4) is 0 Å². The van der Waals surface area contributed by atoms with Crippen LogP contribution in [0.1, 0.15) is 39.5 Å². The summed E-state index contributed by atoms with van der Waals surface area (Å²) in [6, 6.07) is 1.78. The number of carbonyl (C=O) groups is 2. The van der Waals surface area contributed by atoms with Crippen molar-refractivity contribution < 1.29 is 18.4 Å². The lowest BCUT2D eigenvalue weighted by Crippen LogP contribution is -2.60. The molecular formula is C23H33F2N5O2. The first-order chi connectivity index (χ1) is 15.2. The number of halogens is 2. The number of carbonyl (C=O) groups excluding carboxylic acids is 2. The topological polar surface area (TPSA) is 76.7 Å². The van der Waals surface area contributed by atoms with Crippen molar-refractivity contribution in [1.29, 1.82) is 0 Å². The van der Waals surface area contributed by atoms with Gasteiger partial charge in [0.2, 0.25) is 11.8 Å². The van der Waals surface area contributed by atoms with Crippen LogP contribution >= 0.6 is 0 Å². The zero-order chi connectivity index (χ0) is 22.9. The molecule has 1 atom stereocenters. The molecule has 7 nitrogen and oxygen atoms in total. The van der Waals surface area contributed by atoms with Crippen molar-refractivity contribution in [1.82, 2.24) is 15.5 Å². The minimum Gasteiger partial charge on any atom is -0.373 e. The van der Waals surface area contributed by atoms with Crippen molar-refractivity contribution in [2.45, 2.75) is 51.1 Å². The minimum atomic E-state index is -0.685. The van der Waals surface area contributed by atoms with Crippen LogP contribution in [-0.4, -0.2) is 67.6 Å². The van der Waals surface area contributed by atoms with E-state index in [4.69, 9.17) is 0 Å². The van der Waals surface area contributed by atoms with E-state index in [-0.39, 0.29) is 29.2 Å². The number of hydrogen-bond donors (Lipinski definition) is 3. The number of hydrogen-bond acceptors (Lipinski definition) is 6. The van der Waals surface area contributed by atoms with Crippen molar-refractivity contribution in [3.63, 3.8) is 0 Å². The molecule has 3 aliphatic heterocycles. The highest BCUT2D eigenvalue weighted by Crippen LogP contribution is 2.33. The Labute approximate surface area is 187 Å². The molecule has 0 aliphatic carbocycles. The van der Waals surface area contributed by atoms with E-state index >= 15 is 8.78 Å². The Hall–Kier alpha value is -2.26. The number of piperazine rings is 1. The maximum Gasteiger partial charge on any atom is 0.249 e. The van der Waals surface area contributed by atoms with E-state index in [9.17, 15) is 9.59 Å². The maximum atomic E-state index is 15.0. The summed E-state index contributed by atoms with van der Waals surface area (Å²) in [6.45, 7) is 9.24. The van der Waals surface area contributed by atoms with Gasteiger partial charge in [0.25, 0.3) is 0 Å². The average molecular weight is 450 g/mol. The summed E-state index contributed by atoms with van der Waals surface area (Å²) in [5, 5.41) is 8.49. The highest BCUT2D eigenvalue weighted by Gasteiger charge is 2.37. The molecule has 4 rings (SSSR count). The molecule has 0 bridgehead atoms. The Morgan fingerprint density at radius 2 is 1.78 bits per heavy atom. The van der Waals surface area contributed by atoms with Crippen molar-refractivity contribution in [2.24, 2.45) is 5.92 Å². The third kappa shape index (κ3) is 5.04. The van der Waals surface area contributed by atoms with Crippen LogP contribution in [0.25, 0.3) is 0 Å². The second-order valence-electron chi connectivity index (χ2n) is 9.81. The highest BCUT2D eigenvalue weighted by molar-refractivity contribution is 6.01. The molecule has 1 aromatic carbocycles. The molecule has 9 heteroatoms. The fourth-order valence-corrected chi connectivity index (χ4v) is 5.08. The zero-order valence-electron chi connectivity index (χ0n) is 18.8. The van der Waals surface area contributed by atoms with Crippen molar-refractivity contribution >= 4 is 23.2 Å². The van der Waals surface area contributed by atoms with Crippen molar-refractivity contribution in [3.05, 3.63) is 23.8 Å². The lowest BCUT2D eigenvalue weighted by Gasteiger charge is -2.49. The van der Waals surface area contributed by atoms with E-state index < -0.39 is 23.6 Å². The van der Waals surface area contributed by atoms with Crippen LogP contribution in [-0.2, 0) is 9.59 Å². The molecule has 176 valence electrons. The second kappa shape index (κ2) is 9.31. The molecule has 3 aliphatic rings. The molecule has 1 unspecified atom stereocenters. The number of piperidine rings is 2. The molecule has 3 N–H and O–H groups in total. The lowest BCUT2D eigenvalue weighted by molar-refractivity contribution is -0.133. The molecule has 3 fully saturated rings. The summed E-state index contributed by atoms with van der Waals surface area (Å²) >= 11 is 0. The number of imide groups is 1. The first kappa shape index (κ1) is 22.9. The predicted molar refractivity (Wildman–Crippen MR) is 120 cm³/mol. The zero-order valence-corrected chi connectivity index (χ0v) is 18.8. The summed E-state index contributed by atoms with van der Waals surface area (Å²) in [5.74, 6) is -1.45. The molecule has 32 heavy (non-hydrogen) atoms. The van der Waals surface area contributed by atoms with Crippen LogP contribution in [0.4, 0.5) is 20.2 Å². The predicted octanol–water partition coefficient (Wildman–Crippen LogP) is 2.08. The van der Waals surface area contributed by atoms with Gasteiger partial charge >= 0.3 is 0 Å². The van der Waals surface area contributed by atoms with E-state index in [0.717, 1.165) is 26.2 Å². The lowest BCUT2D eigenvalue weighted by atomic mass is 9.92. The molecular weight excluding hydrogens is 416 g/mol. The van der Waals surface area contributed by atoms with Crippen LogP contribution in [0.2, 0.25) is 0 Å². The molecule has 1 aromatic rings. The SMILES string of the molecule is CC1(C)CN(c2c(F)cc(NC3CCC(=O)NC3=O)cc2F)CCN1CC1CCNCC1. The van der Waals surface area contributed by atoms with Gasteiger partial charge in [-0.1, -0.05) is 0 Å². The summed E-state index contributed by atoms with van der Waals surface area (Å²) in [4.78, 5) is 27.5. The molecule has 2 amide bonds. The van der Waals surface area contributed by atoms with E-state index in [2.05, 4.69) is 34.7 Å². The van der Waals surface area contributed by atoms with Gasteiger partial charge in [-0.25, -0.2) is 8.78 Å². The highest BCUT2D eigenvalue weighted by atomic mass is 19.1. The first-order valence-electron chi connectivity index (χ1n) is 11.5. The number of amides is 2. The average Bonchev–Trinajstić information content (AvgIpc) is 2.72. The van der Waals surface area contributed by atoms with E-state index in [0.29, 0.717) is 25.4 Å². The Morgan fingerprint density at radius 1 is 1.09 bits per heavy atom. The molecule has 0 saturated carbocycles. The number of rotatable bonds is 5.